The van der Waals surface area contributed by atoms with Crippen LogP contribution in [-0.2, 0) is 16.0 Å². The van der Waals surface area contributed by atoms with E-state index in [4.69, 9.17) is 0 Å². The van der Waals surface area contributed by atoms with E-state index in [1.807, 2.05) is 18.2 Å². The van der Waals surface area contributed by atoms with Crippen molar-refractivity contribution in [3.8, 4) is 0 Å². The average Bonchev–Trinajstić information content (AvgIpc) is 2.16. The highest BCUT2D eigenvalue weighted by Crippen LogP contribution is 1.98. The summed E-state index contributed by atoms with van der Waals surface area (Å²) in [6.07, 6.45) is 2.64. The van der Waals surface area contributed by atoms with E-state index in [0.29, 0.717) is 12.8 Å². The number of esters is 1. The quantitative estimate of drug-likeness (QED) is 0.633. The van der Waals surface area contributed by atoms with Crippen molar-refractivity contribution in [2.24, 2.45) is 0 Å². The van der Waals surface area contributed by atoms with Gasteiger partial charge in [-0.2, -0.15) is 0 Å². The van der Waals surface area contributed by atoms with Crippen LogP contribution in [-0.4, -0.2) is 11.0 Å². The van der Waals surface area contributed by atoms with E-state index in [2.05, 4.69) is 16.8 Å². The molecule has 0 aromatic carbocycles. The zero-order chi connectivity index (χ0) is 8.81. The van der Waals surface area contributed by atoms with Crippen molar-refractivity contribution in [2.45, 2.75) is 12.8 Å². The Labute approximate surface area is 71.4 Å². The lowest BCUT2D eigenvalue weighted by atomic mass is 10.2. The molecular formula is C9H10NO2. The van der Waals surface area contributed by atoms with Gasteiger partial charge in [0.05, 0.1) is 6.42 Å². The third kappa shape index (κ3) is 2.70. The standard InChI is InChI=1S/C9H10NO2/c1-12-9(11)6-5-8-4-2-3-7-10-8/h2-4,7H,1,5-6H2. The molecule has 0 aliphatic heterocycles. The Morgan fingerprint density at radius 1 is 1.58 bits per heavy atom. The summed E-state index contributed by atoms with van der Waals surface area (Å²) in [6.45, 7) is 0. The Kier molecular flexibility index (Phi) is 3.26. The lowest BCUT2D eigenvalue weighted by Crippen LogP contribution is -2.01. The molecule has 1 heterocycles. The number of nitrogens with zero attached hydrogens (tertiary/aromatic N) is 1. The molecule has 0 atom stereocenters. The van der Waals surface area contributed by atoms with Crippen molar-refractivity contribution in [3.05, 3.63) is 37.2 Å². The van der Waals surface area contributed by atoms with Crippen LogP contribution >= 0.6 is 0 Å². The molecule has 3 nitrogen and oxygen atoms in total. The van der Waals surface area contributed by atoms with E-state index < -0.39 is 0 Å². The topological polar surface area (TPSA) is 39.2 Å². The molecule has 0 saturated carbocycles. The number of pyridine rings is 1. The molecule has 0 bridgehead atoms. The van der Waals surface area contributed by atoms with Gasteiger partial charge in [-0.1, -0.05) is 6.07 Å². The molecule has 3 heteroatoms. The summed E-state index contributed by atoms with van der Waals surface area (Å²) in [5, 5.41) is 0. The van der Waals surface area contributed by atoms with Crippen LogP contribution in [0.2, 0.25) is 0 Å². The van der Waals surface area contributed by atoms with E-state index in [-0.39, 0.29) is 5.97 Å². The number of hydrogen-bond donors (Lipinski definition) is 0. The third-order valence-electron chi connectivity index (χ3n) is 1.47. The molecule has 0 saturated heterocycles. The highest BCUT2D eigenvalue weighted by molar-refractivity contribution is 5.69. The van der Waals surface area contributed by atoms with E-state index in [1.165, 1.54) is 0 Å². The number of carbonyl (C=O) groups is 1. The molecule has 0 N–H and O–H groups in total. The Balaban J connectivity index is 2.38. The molecule has 0 spiro atoms. The zero-order valence-corrected chi connectivity index (χ0v) is 6.69. The van der Waals surface area contributed by atoms with Crippen LogP contribution in [0.4, 0.5) is 0 Å². The van der Waals surface area contributed by atoms with Crippen LogP contribution in [0.25, 0.3) is 0 Å². The Hall–Kier alpha value is -1.38. The highest BCUT2D eigenvalue weighted by Gasteiger charge is 2.00. The molecule has 1 aromatic rings. The summed E-state index contributed by atoms with van der Waals surface area (Å²) < 4.78 is 4.26. The van der Waals surface area contributed by atoms with Gasteiger partial charge in [0.1, 0.15) is 7.11 Å². The summed E-state index contributed by atoms with van der Waals surface area (Å²) in [4.78, 5) is 14.7. The monoisotopic (exact) mass is 164 g/mol. The fourth-order valence-corrected chi connectivity index (χ4v) is 0.848. The fourth-order valence-electron chi connectivity index (χ4n) is 0.848. The summed E-state index contributed by atoms with van der Waals surface area (Å²) in [5.41, 5.74) is 0.892. The van der Waals surface area contributed by atoms with E-state index in [1.54, 1.807) is 6.20 Å². The highest BCUT2D eigenvalue weighted by atomic mass is 16.5. The second-order valence-corrected chi connectivity index (χ2v) is 2.34. The Morgan fingerprint density at radius 3 is 3.00 bits per heavy atom. The molecule has 1 rings (SSSR count). The van der Waals surface area contributed by atoms with Crippen LogP contribution in [0.5, 0.6) is 0 Å². The lowest BCUT2D eigenvalue weighted by molar-refractivity contribution is -0.138. The number of carbonyl (C=O) groups excluding carboxylic acids is 1. The Bertz CT molecular complexity index is 246. The lowest BCUT2D eigenvalue weighted by Gasteiger charge is -1.97. The Morgan fingerprint density at radius 2 is 2.42 bits per heavy atom. The average molecular weight is 164 g/mol. The van der Waals surface area contributed by atoms with Crippen LogP contribution in [0.3, 0.4) is 0 Å². The van der Waals surface area contributed by atoms with Gasteiger partial charge in [-0.15, -0.1) is 0 Å². The molecule has 0 amide bonds. The zero-order valence-electron chi connectivity index (χ0n) is 6.69. The summed E-state index contributed by atoms with van der Waals surface area (Å²) in [5.74, 6) is -0.305. The maximum atomic E-state index is 10.7. The SMILES string of the molecule is [CH2]OC(=O)CCc1ccccn1. The first kappa shape index (κ1) is 8.71. The third-order valence-corrected chi connectivity index (χ3v) is 1.47. The first-order valence-electron chi connectivity index (χ1n) is 3.67. The smallest absolute Gasteiger partial charge is 0.306 e. The first-order valence-corrected chi connectivity index (χ1v) is 3.67. The normalized spacial score (nSPS) is 9.42. The van der Waals surface area contributed by atoms with Gasteiger partial charge in [-0.3, -0.25) is 9.78 Å². The molecule has 0 unspecified atom stereocenters. The van der Waals surface area contributed by atoms with Crippen molar-refractivity contribution < 1.29 is 9.53 Å². The van der Waals surface area contributed by atoms with Gasteiger partial charge in [-0.25, -0.2) is 0 Å². The largest absolute Gasteiger partial charge is 0.462 e. The van der Waals surface area contributed by atoms with Gasteiger partial charge in [0.15, 0.2) is 0 Å². The summed E-state index contributed by atoms with van der Waals surface area (Å²) >= 11 is 0. The summed E-state index contributed by atoms with van der Waals surface area (Å²) in [7, 11) is 3.03. The maximum absolute atomic E-state index is 10.7. The number of aryl methyl sites for hydroxylation is 1. The molecule has 12 heavy (non-hydrogen) atoms. The number of aromatic nitrogens is 1. The van der Waals surface area contributed by atoms with Crippen molar-refractivity contribution >= 4 is 5.97 Å². The van der Waals surface area contributed by atoms with Crippen molar-refractivity contribution in [3.63, 3.8) is 0 Å². The van der Waals surface area contributed by atoms with Gasteiger partial charge < -0.3 is 4.74 Å². The molecule has 63 valence electrons. The molecule has 0 aliphatic rings. The van der Waals surface area contributed by atoms with Gasteiger partial charge in [0.25, 0.3) is 0 Å². The second-order valence-electron chi connectivity index (χ2n) is 2.34. The van der Waals surface area contributed by atoms with Gasteiger partial charge in [0, 0.05) is 18.3 Å². The second kappa shape index (κ2) is 4.49. The minimum absolute atomic E-state index is 0.305. The minimum Gasteiger partial charge on any atom is -0.462 e. The predicted molar refractivity (Wildman–Crippen MR) is 44.0 cm³/mol. The number of rotatable bonds is 3. The van der Waals surface area contributed by atoms with Crippen LogP contribution < -0.4 is 0 Å². The maximum Gasteiger partial charge on any atom is 0.306 e. The molecule has 1 aromatic heterocycles. The van der Waals surface area contributed by atoms with Crippen LogP contribution in [0, 0.1) is 7.11 Å². The van der Waals surface area contributed by atoms with Crippen LogP contribution in [0.15, 0.2) is 24.4 Å². The van der Waals surface area contributed by atoms with Crippen molar-refractivity contribution in [1.29, 1.82) is 0 Å². The fraction of sp³-hybridized carbons (Fsp3) is 0.222. The number of ether oxygens (including phenoxy) is 1. The molecule has 0 fully saturated rings. The minimum atomic E-state index is -0.305. The molecule has 0 aliphatic carbocycles. The van der Waals surface area contributed by atoms with Gasteiger partial charge in [0.2, 0.25) is 0 Å². The molecular weight excluding hydrogens is 154 g/mol. The predicted octanol–water partition coefficient (Wildman–Crippen LogP) is 1.35. The number of hydrogen-bond acceptors (Lipinski definition) is 3. The van der Waals surface area contributed by atoms with E-state index in [9.17, 15) is 4.79 Å². The summed E-state index contributed by atoms with van der Waals surface area (Å²) in [6, 6.07) is 5.59. The van der Waals surface area contributed by atoms with E-state index >= 15 is 0 Å². The van der Waals surface area contributed by atoms with Gasteiger partial charge >= 0.3 is 5.97 Å². The van der Waals surface area contributed by atoms with Gasteiger partial charge in [-0.05, 0) is 12.1 Å². The van der Waals surface area contributed by atoms with Crippen molar-refractivity contribution in [1.82, 2.24) is 4.98 Å². The van der Waals surface area contributed by atoms with E-state index in [0.717, 1.165) is 5.69 Å². The first-order chi connectivity index (χ1) is 5.83. The molecule has 1 radical (unpaired) electrons. The van der Waals surface area contributed by atoms with Crippen LogP contribution in [0.1, 0.15) is 12.1 Å². The van der Waals surface area contributed by atoms with Crippen molar-refractivity contribution in [2.75, 3.05) is 0 Å².